The summed E-state index contributed by atoms with van der Waals surface area (Å²) in [5.41, 5.74) is -0.309. The first-order valence-electron chi connectivity index (χ1n) is 6.14. The summed E-state index contributed by atoms with van der Waals surface area (Å²) in [6.45, 7) is 3.19. The second-order valence-corrected chi connectivity index (χ2v) is 6.12. The van der Waals surface area contributed by atoms with Crippen molar-refractivity contribution in [3.05, 3.63) is 29.6 Å². The number of carboxylic acids is 1. The Balaban J connectivity index is 1.96. The summed E-state index contributed by atoms with van der Waals surface area (Å²) < 4.78 is 1.16. The summed E-state index contributed by atoms with van der Waals surface area (Å²) in [6.07, 6.45) is 0. The molecule has 0 bridgehead atoms. The fraction of sp³-hybridized carbons (Fsp3) is 0.286. The maximum absolute atomic E-state index is 11.7. The van der Waals surface area contributed by atoms with Crippen LogP contribution in [0.3, 0.4) is 0 Å². The van der Waals surface area contributed by atoms with Crippen LogP contribution in [0.4, 0.5) is 10.5 Å². The Labute approximate surface area is 120 Å². The van der Waals surface area contributed by atoms with Crippen molar-refractivity contribution in [2.75, 3.05) is 11.9 Å². The van der Waals surface area contributed by atoms with E-state index in [2.05, 4.69) is 10.6 Å². The van der Waals surface area contributed by atoms with Crippen molar-refractivity contribution in [3.8, 4) is 0 Å². The maximum atomic E-state index is 11.7. The number of thiophene rings is 1. The van der Waals surface area contributed by atoms with Crippen LogP contribution in [0.5, 0.6) is 0 Å². The highest BCUT2D eigenvalue weighted by molar-refractivity contribution is 7.17. The van der Waals surface area contributed by atoms with E-state index in [9.17, 15) is 9.59 Å². The van der Waals surface area contributed by atoms with Crippen LogP contribution in [-0.4, -0.2) is 23.7 Å². The Morgan fingerprint density at radius 1 is 1.30 bits per heavy atom. The molecule has 1 aromatic carbocycles. The van der Waals surface area contributed by atoms with Gasteiger partial charge >= 0.3 is 12.0 Å². The second-order valence-electron chi connectivity index (χ2n) is 5.17. The Morgan fingerprint density at radius 3 is 2.75 bits per heavy atom. The van der Waals surface area contributed by atoms with Gasteiger partial charge in [0.15, 0.2) is 0 Å². The van der Waals surface area contributed by atoms with Gasteiger partial charge in [0.05, 0.1) is 5.41 Å². The number of amides is 2. The average Bonchev–Trinajstić information content (AvgIpc) is 2.83. The Hall–Kier alpha value is -2.08. The fourth-order valence-corrected chi connectivity index (χ4v) is 2.37. The van der Waals surface area contributed by atoms with Crippen LogP contribution in [0.1, 0.15) is 13.8 Å². The Kier molecular flexibility index (Phi) is 3.94. The SMILES string of the molecule is CC(C)(CNC(=O)Nc1ccc2sccc2c1)C(=O)O. The van der Waals surface area contributed by atoms with Crippen molar-refractivity contribution >= 4 is 39.1 Å². The van der Waals surface area contributed by atoms with Gasteiger partial charge in [-0.15, -0.1) is 11.3 Å². The Morgan fingerprint density at radius 2 is 2.05 bits per heavy atom. The summed E-state index contributed by atoms with van der Waals surface area (Å²) in [4.78, 5) is 22.7. The third kappa shape index (κ3) is 3.27. The summed E-state index contributed by atoms with van der Waals surface area (Å²) in [6, 6.07) is 7.22. The van der Waals surface area contributed by atoms with E-state index < -0.39 is 17.4 Å². The van der Waals surface area contributed by atoms with Crippen molar-refractivity contribution in [2.24, 2.45) is 5.41 Å². The molecule has 0 aliphatic heterocycles. The molecule has 0 aliphatic carbocycles. The minimum atomic E-state index is -0.991. The molecule has 0 unspecified atom stereocenters. The van der Waals surface area contributed by atoms with E-state index in [1.807, 2.05) is 29.6 Å². The number of hydrogen-bond donors (Lipinski definition) is 3. The smallest absolute Gasteiger partial charge is 0.319 e. The molecule has 20 heavy (non-hydrogen) atoms. The Bertz CT molecular complexity index is 649. The number of hydrogen-bond acceptors (Lipinski definition) is 3. The molecular formula is C14H16N2O3S. The zero-order valence-corrected chi connectivity index (χ0v) is 12.1. The van der Waals surface area contributed by atoms with Gasteiger partial charge in [-0.25, -0.2) is 4.79 Å². The van der Waals surface area contributed by atoms with Crippen molar-refractivity contribution in [3.63, 3.8) is 0 Å². The first-order chi connectivity index (χ1) is 9.38. The van der Waals surface area contributed by atoms with Crippen molar-refractivity contribution in [2.45, 2.75) is 13.8 Å². The summed E-state index contributed by atoms with van der Waals surface area (Å²) >= 11 is 1.64. The zero-order chi connectivity index (χ0) is 14.8. The lowest BCUT2D eigenvalue weighted by atomic mass is 9.94. The van der Waals surface area contributed by atoms with Gasteiger partial charge in [0, 0.05) is 16.9 Å². The molecule has 2 rings (SSSR count). The van der Waals surface area contributed by atoms with Crippen LogP contribution in [0.25, 0.3) is 10.1 Å². The molecule has 2 amide bonds. The highest BCUT2D eigenvalue weighted by Gasteiger charge is 2.27. The van der Waals surface area contributed by atoms with Gasteiger partial charge in [-0.1, -0.05) is 0 Å². The van der Waals surface area contributed by atoms with E-state index in [4.69, 9.17) is 5.11 Å². The van der Waals surface area contributed by atoms with Crippen LogP contribution < -0.4 is 10.6 Å². The van der Waals surface area contributed by atoms with Crippen molar-refractivity contribution < 1.29 is 14.7 Å². The molecule has 0 atom stereocenters. The minimum Gasteiger partial charge on any atom is -0.481 e. The molecule has 0 saturated carbocycles. The lowest BCUT2D eigenvalue weighted by Crippen LogP contribution is -2.40. The predicted octanol–water partition coefficient (Wildman–Crippen LogP) is 3.13. The number of urea groups is 1. The van der Waals surface area contributed by atoms with E-state index >= 15 is 0 Å². The largest absolute Gasteiger partial charge is 0.481 e. The number of rotatable bonds is 4. The van der Waals surface area contributed by atoms with E-state index in [0.717, 1.165) is 10.1 Å². The highest BCUT2D eigenvalue weighted by Crippen LogP contribution is 2.23. The fourth-order valence-electron chi connectivity index (χ4n) is 1.60. The van der Waals surface area contributed by atoms with Gasteiger partial charge in [0.2, 0.25) is 0 Å². The molecule has 0 aliphatic rings. The number of fused-ring (bicyclic) bond motifs is 1. The number of aliphatic carboxylic acids is 1. The minimum absolute atomic E-state index is 0.0643. The maximum Gasteiger partial charge on any atom is 0.319 e. The second kappa shape index (κ2) is 5.50. The molecule has 106 valence electrons. The third-order valence-electron chi connectivity index (χ3n) is 2.98. The molecule has 0 fully saturated rings. The van der Waals surface area contributed by atoms with E-state index in [1.165, 1.54) is 0 Å². The van der Waals surface area contributed by atoms with Gasteiger partial charge in [-0.2, -0.15) is 0 Å². The number of anilines is 1. The predicted molar refractivity (Wildman–Crippen MR) is 80.3 cm³/mol. The molecule has 1 heterocycles. The number of carboxylic acid groups (broad SMARTS) is 1. The van der Waals surface area contributed by atoms with Gasteiger partial charge in [-0.3, -0.25) is 4.79 Å². The monoisotopic (exact) mass is 292 g/mol. The quantitative estimate of drug-likeness (QED) is 0.810. The number of nitrogens with one attached hydrogen (secondary N) is 2. The normalized spacial score (nSPS) is 11.3. The average molecular weight is 292 g/mol. The molecule has 1 aromatic heterocycles. The molecule has 0 radical (unpaired) electrons. The van der Waals surface area contributed by atoms with Crippen LogP contribution in [0, 0.1) is 5.41 Å². The molecule has 6 heteroatoms. The van der Waals surface area contributed by atoms with Gasteiger partial charge in [-0.05, 0) is 48.9 Å². The lowest BCUT2D eigenvalue weighted by molar-refractivity contribution is -0.146. The van der Waals surface area contributed by atoms with Crippen LogP contribution in [0.15, 0.2) is 29.6 Å². The van der Waals surface area contributed by atoms with E-state index in [-0.39, 0.29) is 6.54 Å². The van der Waals surface area contributed by atoms with Crippen LogP contribution >= 0.6 is 11.3 Å². The van der Waals surface area contributed by atoms with Gasteiger partial charge < -0.3 is 15.7 Å². The zero-order valence-electron chi connectivity index (χ0n) is 11.3. The molecule has 3 N–H and O–H groups in total. The summed E-state index contributed by atoms with van der Waals surface area (Å²) in [5, 5.41) is 17.3. The van der Waals surface area contributed by atoms with Crippen LogP contribution in [0.2, 0.25) is 0 Å². The summed E-state index contributed by atoms with van der Waals surface area (Å²) in [5.74, 6) is -0.947. The topological polar surface area (TPSA) is 78.4 Å². The molecule has 0 spiro atoms. The number of carbonyl (C=O) groups excluding carboxylic acids is 1. The standard InChI is InChI=1S/C14H16N2O3S/c1-14(2,12(17)18)8-15-13(19)16-10-3-4-11-9(7-10)5-6-20-11/h3-7H,8H2,1-2H3,(H,17,18)(H2,15,16,19). The van der Waals surface area contributed by atoms with Gasteiger partial charge in [0.1, 0.15) is 0 Å². The first kappa shape index (κ1) is 14.3. The van der Waals surface area contributed by atoms with Gasteiger partial charge in [0.25, 0.3) is 0 Å². The lowest BCUT2D eigenvalue weighted by Gasteiger charge is -2.19. The summed E-state index contributed by atoms with van der Waals surface area (Å²) in [7, 11) is 0. The van der Waals surface area contributed by atoms with Crippen molar-refractivity contribution in [1.82, 2.24) is 5.32 Å². The third-order valence-corrected chi connectivity index (χ3v) is 3.88. The number of carbonyl (C=O) groups is 2. The molecular weight excluding hydrogens is 276 g/mol. The van der Waals surface area contributed by atoms with E-state index in [1.54, 1.807) is 25.2 Å². The molecule has 0 saturated heterocycles. The first-order valence-corrected chi connectivity index (χ1v) is 7.02. The molecule has 2 aromatic rings. The van der Waals surface area contributed by atoms with Crippen LogP contribution in [-0.2, 0) is 4.79 Å². The molecule has 5 nitrogen and oxygen atoms in total. The van der Waals surface area contributed by atoms with E-state index in [0.29, 0.717) is 5.69 Å². The number of benzene rings is 1. The highest BCUT2D eigenvalue weighted by atomic mass is 32.1. The van der Waals surface area contributed by atoms with Crippen molar-refractivity contribution in [1.29, 1.82) is 0 Å².